The molecule has 1 saturated heterocycles. The molecular weight excluding hydrogens is 180 g/mol. The summed E-state index contributed by atoms with van der Waals surface area (Å²) in [5.74, 6) is 0.716. The quantitative estimate of drug-likeness (QED) is 0.613. The lowest BCUT2D eigenvalue weighted by Crippen LogP contribution is -2.39. The first-order valence-corrected chi connectivity index (χ1v) is 5.04. The first-order chi connectivity index (χ1) is 6.63. The van der Waals surface area contributed by atoms with Crippen LogP contribution in [0.5, 0.6) is 0 Å². The van der Waals surface area contributed by atoms with E-state index in [1.54, 1.807) is 18.9 Å². The molecule has 0 aromatic heterocycles. The zero-order chi connectivity index (χ0) is 10.6. The lowest BCUT2D eigenvalue weighted by molar-refractivity contribution is -0.130. The minimum absolute atomic E-state index is 0.159. The summed E-state index contributed by atoms with van der Waals surface area (Å²) >= 11 is 0. The van der Waals surface area contributed by atoms with Crippen LogP contribution in [0.1, 0.15) is 19.8 Å². The van der Waals surface area contributed by atoms with Gasteiger partial charge < -0.3 is 9.80 Å². The number of carbonyl (C=O) groups is 2. The molecular formula is C10H18N2O2. The molecule has 0 aromatic carbocycles. The predicted molar refractivity (Wildman–Crippen MR) is 53.7 cm³/mol. The van der Waals surface area contributed by atoms with Gasteiger partial charge in [-0.05, 0) is 18.8 Å². The zero-order valence-electron chi connectivity index (χ0n) is 8.90. The Hall–Kier alpha value is -1.06. The Morgan fingerprint density at radius 3 is 2.50 bits per heavy atom. The Labute approximate surface area is 84.9 Å². The number of likely N-dealkylation sites (tertiary alicyclic amines) is 1. The number of rotatable bonds is 3. The van der Waals surface area contributed by atoms with E-state index in [2.05, 4.69) is 0 Å². The van der Waals surface area contributed by atoms with E-state index in [-0.39, 0.29) is 5.91 Å². The second kappa shape index (κ2) is 4.98. The lowest BCUT2D eigenvalue weighted by Gasteiger charge is -2.32. The van der Waals surface area contributed by atoms with Crippen LogP contribution < -0.4 is 0 Å². The Balaban J connectivity index is 2.28. The molecule has 0 aromatic rings. The van der Waals surface area contributed by atoms with Crippen molar-refractivity contribution in [3.63, 3.8) is 0 Å². The molecule has 4 nitrogen and oxygen atoms in total. The third-order valence-electron chi connectivity index (χ3n) is 2.79. The summed E-state index contributed by atoms with van der Waals surface area (Å²) in [6, 6.07) is 0. The van der Waals surface area contributed by atoms with Gasteiger partial charge in [0.15, 0.2) is 0 Å². The van der Waals surface area contributed by atoms with Gasteiger partial charge in [0, 0.05) is 33.6 Å². The van der Waals surface area contributed by atoms with Crippen LogP contribution in [-0.4, -0.2) is 48.8 Å². The number of carbonyl (C=O) groups excluding carboxylic acids is 2. The SMILES string of the molecule is CC(=O)N1CCC(CN(C)C=O)CC1. The van der Waals surface area contributed by atoms with Gasteiger partial charge in [0.1, 0.15) is 0 Å². The predicted octanol–water partition coefficient (Wildman–Crippen LogP) is 0.333. The smallest absolute Gasteiger partial charge is 0.219 e. The third-order valence-corrected chi connectivity index (χ3v) is 2.79. The molecule has 80 valence electrons. The number of hydrogen-bond acceptors (Lipinski definition) is 2. The largest absolute Gasteiger partial charge is 0.348 e. The number of amides is 2. The van der Waals surface area contributed by atoms with E-state index in [4.69, 9.17) is 0 Å². The molecule has 1 fully saturated rings. The third kappa shape index (κ3) is 3.01. The average Bonchev–Trinajstić information content (AvgIpc) is 2.18. The molecule has 1 aliphatic heterocycles. The van der Waals surface area contributed by atoms with E-state index < -0.39 is 0 Å². The molecule has 0 unspecified atom stereocenters. The maximum absolute atomic E-state index is 11.0. The van der Waals surface area contributed by atoms with Crippen molar-refractivity contribution in [2.24, 2.45) is 5.92 Å². The molecule has 0 saturated carbocycles. The Morgan fingerprint density at radius 1 is 1.50 bits per heavy atom. The van der Waals surface area contributed by atoms with E-state index >= 15 is 0 Å². The van der Waals surface area contributed by atoms with Crippen molar-refractivity contribution in [3.05, 3.63) is 0 Å². The molecule has 2 amide bonds. The van der Waals surface area contributed by atoms with Gasteiger partial charge in [-0.1, -0.05) is 0 Å². The summed E-state index contributed by atoms with van der Waals surface area (Å²) < 4.78 is 0. The highest BCUT2D eigenvalue weighted by Crippen LogP contribution is 2.17. The first-order valence-electron chi connectivity index (χ1n) is 5.04. The van der Waals surface area contributed by atoms with E-state index in [0.29, 0.717) is 5.92 Å². The van der Waals surface area contributed by atoms with Gasteiger partial charge in [0.05, 0.1) is 0 Å². The molecule has 0 atom stereocenters. The minimum Gasteiger partial charge on any atom is -0.348 e. The van der Waals surface area contributed by atoms with Crippen molar-refractivity contribution in [2.75, 3.05) is 26.7 Å². The summed E-state index contributed by atoms with van der Waals surface area (Å²) in [6.07, 6.45) is 2.88. The topological polar surface area (TPSA) is 40.6 Å². The van der Waals surface area contributed by atoms with Crippen molar-refractivity contribution in [2.45, 2.75) is 19.8 Å². The highest BCUT2D eigenvalue weighted by molar-refractivity contribution is 5.73. The minimum atomic E-state index is 0.159. The van der Waals surface area contributed by atoms with Crippen LogP contribution in [0.25, 0.3) is 0 Å². The molecule has 0 spiro atoms. The molecule has 1 rings (SSSR count). The van der Waals surface area contributed by atoms with Crippen LogP contribution in [-0.2, 0) is 9.59 Å². The number of piperidine rings is 1. The van der Waals surface area contributed by atoms with Gasteiger partial charge >= 0.3 is 0 Å². The van der Waals surface area contributed by atoms with Crippen molar-refractivity contribution < 1.29 is 9.59 Å². The molecule has 0 N–H and O–H groups in total. The van der Waals surface area contributed by atoms with Crippen molar-refractivity contribution in [3.8, 4) is 0 Å². The Morgan fingerprint density at radius 2 is 2.07 bits per heavy atom. The van der Waals surface area contributed by atoms with Gasteiger partial charge in [-0.2, -0.15) is 0 Å². The summed E-state index contributed by atoms with van der Waals surface area (Å²) in [5, 5.41) is 0. The molecule has 0 aliphatic carbocycles. The number of nitrogens with zero attached hydrogens (tertiary/aromatic N) is 2. The molecule has 1 aliphatic rings. The standard InChI is InChI=1S/C10H18N2O2/c1-9(14)12-5-3-10(4-6-12)7-11(2)8-13/h8,10H,3-7H2,1-2H3. The highest BCUT2D eigenvalue weighted by atomic mass is 16.2. The van der Waals surface area contributed by atoms with Crippen LogP contribution in [0.4, 0.5) is 0 Å². The van der Waals surface area contributed by atoms with Crippen molar-refractivity contribution >= 4 is 12.3 Å². The maximum Gasteiger partial charge on any atom is 0.219 e. The van der Waals surface area contributed by atoms with E-state index in [9.17, 15) is 9.59 Å². The van der Waals surface area contributed by atoms with Crippen LogP contribution >= 0.6 is 0 Å². The van der Waals surface area contributed by atoms with E-state index in [1.807, 2.05) is 4.90 Å². The molecule has 0 radical (unpaired) electrons. The van der Waals surface area contributed by atoms with Gasteiger partial charge in [-0.3, -0.25) is 9.59 Å². The molecule has 1 heterocycles. The fraction of sp³-hybridized carbons (Fsp3) is 0.800. The van der Waals surface area contributed by atoms with Gasteiger partial charge in [-0.15, -0.1) is 0 Å². The summed E-state index contributed by atoms with van der Waals surface area (Å²) in [4.78, 5) is 25.0. The monoisotopic (exact) mass is 198 g/mol. The van der Waals surface area contributed by atoms with E-state index in [0.717, 1.165) is 38.9 Å². The van der Waals surface area contributed by atoms with Gasteiger partial charge in [0.25, 0.3) is 0 Å². The van der Waals surface area contributed by atoms with Crippen molar-refractivity contribution in [1.82, 2.24) is 9.80 Å². The molecule has 0 bridgehead atoms. The average molecular weight is 198 g/mol. The normalized spacial score (nSPS) is 18.0. The first kappa shape index (κ1) is 11.0. The fourth-order valence-corrected chi connectivity index (χ4v) is 1.88. The summed E-state index contributed by atoms with van der Waals surface area (Å²) in [7, 11) is 1.80. The van der Waals surface area contributed by atoms with Gasteiger partial charge in [-0.25, -0.2) is 0 Å². The van der Waals surface area contributed by atoms with E-state index in [1.165, 1.54) is 0 Å². The van der Waals surface area contributed by atoms with Crippen LogP contribution in [0.15, 0.2) is 0 Å². The lowest BCUT2D eigenvalue weighted by atomic mass is 9.96. The summed E-state index contributed by atoms with van der Waals surface area (Å²) in [5.41, 5.74) is 0. The molecule has 4 heteroatoms. The number of hydrogen-bond donors (Lipinski definition) is 0. The Kier molecular flexibility index (Phi) is 3.92. The highest BCUT2D eigenvalue weighted by Gasteiger charge is 2.21. The van der Waals surface area contributed by atoms with Crippen LogP contribution in [0.2, 0.25) is 0 Å². The second-order valence-corrected chi connectivity index (χ2v) is 3.99. The van der Waals surface area contributed by atoms with Crippen LogP contribution in [0, 0.1) is 5.92 Å². The zero-order valence-corrected chi connectivity index (χ0v) is 8.90. The summed E-state index contributed by atoms with van der Waals surface area (Å²) in [6.45, 7) is 4.10. The van der Waals surface area contributed by atoms with Crippen LogP contribution in [0.3, 0.4) is 0 Å². The fourth-order valence-electron chi connectivity index (χ4n) is 1.88. The molecule has 14 heavy (non-hydrogen) atoms. The Bertz CT molecular complexity index is 210. The maximum atomic E-state index is 11.0. The van der Waals surface area contributed by atoms with Crippen molar-refractivity contribution in [1.29, 1.82) is 0 Å². The second-order valence-electron chi connectivity index (χ2n) is 3.99. The van der Waals surface area contributed by atoms with Gasteiger partial charge in [0.2, 0.25) is 12.3 Å².